The molecule has 1 aliphatic heterocycles. The molecular formula is C28H29BrN2O5S. The monoisotopic (exact) mass is 584 g/mol. The number of benzene rings is 3. The number of nitrogens with zero attached hydrogens (tertiary/aromatic N) is 1. The maximum Gasteiger partial charge on any atom is 0.338 e. The zero-order chi connectivity index (χ0) is 26.4. The van der Waals surface area contributed by atoms with Crippen molar-refractivity contribution < 1.29 is 23.7 Å². The molecule has 0 aromatic heterocycles. The van der Waals surface area contributed by atoms with Crippen molar-refractivity contribution in [3.8, 4) is 17.2 Å². The topological polar surface area (TPSA) is 69.3 Å². The molecule has 1 atom stereocenters. The number of halogens is 1. The smallest absolute Gasteiger partial charge is 0.338 e. The molecule has 0 radical (unpaired) electrons. The standard InChI is InChI=1S/C28H29BrN2O5S/c1-4-35-27(32)18-5-11-22(12-6-18)36-17-24-23-16-26(34-3)25(33-2)15-19(23)13-14-31(24)28(37)30-21-9-7-20(29)8-10-21/h5-12,15-16,24H,4,13-14,17H2,1-3H3,(H,30,37)/t24-/m1/s1. The summed E-state index contributed by atoms with van der Waals surface area (Å²) >= 11 is 9.32. The summed E-state index contributed by atoms with van der Waals surface area (Å²) in [6.07, 6.45) is 0.794. The Balaban J connectivity index is 1.59. The van der Waals surface area contributed by atoms with Crippen molar-refractivity contribution in [2.45, 2.75) is 19.4 Å². The van der Waals surface area contributed by atoms with Crippen LogP contribution in [-0.2, 0) is 11.2 Å². The average molecular weight is 586 g/mol. The molecule has 7 nitrogen and oxygen atoms in total. The van der Waals surface area contributed by atoms with Gasteiger partial charge in [0.1, 0.15) is 12.4 Å². The molecule has 3 aromatic rings. The Labute approximate surface area is 230 Å². The Bertz CT molecular complexity index is 1250. The van der Waals surface area contributed by atoms with Gasteiger partial charge in [0.2, 0.25) is 0 Å². The van der Waals surface area contributed by atoms with E-state index >= 15 is 0 Å². The first-order valence-corrected chi connectivity index (χ1v) is 13.1. The van der Waals surface area contributed by atoms with E-state index < -0.39 is 0 Å². The van der Waals surface area contributed by atoms with E-state index in [0.717, 1.165) is 27.7 Å². The predicted octanol–water partition coefficient (Wildman–Crippen LogP) is 6.02. The van der Waals surface area contributed by atoms with Gasteiger partial charge in [0.05, 0.1) is 32.4 Å². The SMILES string of the molecule is CCOC(=O)c1ccc(OC[C@@H]2c3cc(OC)c(OC)cc3CCN2C(=S)Nc2ccc(Br)cc2)cc1. The molecule has 0 aliphatic carbocycles. The van der Waals surface area contributed by atoms with E-state index in [2.05, 4.69) is 26.1 Å². The van der Waals surface area contributed by atoms with Gasteiger partial charge in [-0.3, -0.25) is 0 Å². The van der Waals surface area contributed by atoms with Crippen molar-refractivity contribution in [3.63, 3.8) is 0 Å². The highest BCUT2D eigenvalue weighted by atomic mass is 79.9. The summed E-state index contributed by atoms with van der Waals surface area (Å²) in [4.78, 5) is 14.1. The molecule has 0 saturated carbocycles. The molecule has 0 saturated heterocycles. The summed E-state index contributed by atoms with van der Waals surface area (Å²) in [5.74, 6) is 1.64. The second kappa shape index (κ2) is 12.3. The van der Waals surface area contributed by atoms with Gasteiger partial charge in [0.15, 0.2) is 16.6 Å². The van der Waals surface area contributed by atoms with Gasteiger partial charge in [0, 0.05) is 16.7 Å². The number of ether oxygens (including phenoxy) is 4. The van der Waals surface area contributed by atoms with Gasteiger partial charge in [-0.25, -0.2) is 4.79 Å². The third-order valence-electron chi connectivity index (χ3n) is 6.13. The average Bonchev–Trinajstić information content (AvgIpc) is 2.92. The molecule has 1 aliphatic rings. The lowest BCUT2D eigenvalue weighted by atomic mass is 9.92. The number of thiocarbonyl (C=S) groups is 1. The van der Waals surface area contributed by atoms with Crippen LogP contribution in [0.2, 0.25) is 0 Å². The van der Waals surface area contributed by atoms with E-state index in [9.17, 15) is 4.79 Å². The van der Waals surface area contributed by atoms with Crippen LogP contribution in [0.25, 0.3) is 0 Å². The van der Waals surface area contributed by atoms with Crippen LogP contribution in [0.3, 0.4) is 0 Å². The summed E-state index contributed by atoms with van der Waals surface area (Å²) in [5, 5.41) is 3.96. The first-order valence-electron chi connectivity index (χ1n) is 11.9. The second-order valence-electron chi connectivity index (χ2n) is 8.36. The van der Waals surface area contributed by atoms with E-state index in [0.29, 0.717) is 47.7 Å². The molecule has 1 N–H and O–H groups in total. The highest BCUT2D eigenvalue weighted by molar-refractivity contribution is 9.10. The molecular weight excluding hydrogens is 556 g/mol. The number of hydrogen-bond acceptors (Lipinski definition) is 6. The van der Waals surface area contributed by atoms with Gasteiger partial charge in [0.25, 0.3) is 0 Å². The van der Waals surface area contributed by atoms with Crippen LogP contribution in [0.1, 0.15) is 34.5 Å². The van der Waals surface area contributed by atoms with Crippen LogP contribution in [0.5, 0.6) is 17.2 Å². The lowest BCUT2D eigenvalue weighted by Gasteiger charge is -2.39. The Kier molecular flexibility index (Phi) is 8.89. The summed E-state index contributed by atoms with van der Waals surface area (Å²) in [7, 11) is 3.26. The number of rotatable bonds is 8. The lowest BCUT2D eigenvalue weighted by molar-refractivity contribution is 0.0526. The van der Waals surface area contributed by atoms with Gasteiger partial charge >= 0.3 is 5.97 Å². The molecule has 0 unspecified atom stereocenters. The summed E-state index contributed by atoms with van der Waals surface area (Å²) in [6.45, 7) is 3.16. The van der Waals surface area contributed by atoms with Gasteiger partial charge in [-0.05, 0) is 97.4 Å². The molecule has 3 aromatic carbocycles. The fourth-order valence-electron chi connectivity index (χ4n) is 4.26. The van der Waals surface area contributed by atoms with E-state index in [4.69, 9.17) is 31.2 Å². The quantitative estimate of drug-likeness (QED) is 0.255. The van der Waals surface area contributed by atoms with Gasteiger partial charge < -0.3 is 29.2 Å². The Hall–Kier alpha value is -3.30. The number of methoxy groups -OCH3 is 2. The highest BCUT2D eigenvalue weighted by Crippen LogP contribution is 2.38. The van der Waals surface area contributed by atoms with Crippen molar-refractivity contribution in [2.75, 3.05) is 39.3 Å². The van der Waals surface area contributed by atoms with Crippen molar-refractivity contribution in [3.05, 3.63) is 81.8 Å². The number of nitrogens with one attached hydrogen (secondary N) is 1. The molecule has 0 spiro atoms. The number of hydrogen-bond donors (Lipinski definition) is 1. The van der Waals surface area contributed by atoms with Crippen LogP contribution in [0, 0.1) is 0 Å². The third kappa shape index (κ3) is 6.34. The zero-order valence-corrected chi connectivity index (χ0v) is 23.4. The van der Waals surface area contributed by atoms with Crippen molar-refractivity contribution >= 4 is 44.9 Å². The normalized spacial score (nSPS) is 14.4. The summed E-state index contributed by atoms with van der Waals surface area (Å²) in [5.41, 5.74) is 3.61. The lowest BCUT2D eigenvalue weighted by Crippen LogP contribution is -2.44. The molecule has 9 heteroatoms. The molecule has 194 valence electrons. The number of esters is 1. The minimum absolute atomic E-state index is 0.177. The van der Waals surface area contributed by atoms with Gasteiger partial charge in [-0.15, -0.1) is 0 Å². The molecule has 0 fully saturated rings. The first-order chi connectivity index (χ1) is 17.9. The number of anilines is 1. The van der Waals surface area contributed by atoms with E-state index in [1.807, 2.05) is 36.4 Å². The maximum atomic E-state index is 12.0. The van der Waals surface area contributed by atoms with Crippen LogP contribution < -0.4 is 19.5 Å². The largest absolute Gasteiger partial charge is 0.493 e. The van der Waals surface area contributed by atoms with Crippen LogP contribution >= 0.6 is 28.1 Å². The third-order valence-corrected chi connectivity index (χ3v) is 7.00. The second-order valence-corrected chi connectivity index (χ2v) is 9.66. The minimum Gasteiger partial charge on any atom is -0.493 e. The molecule has 1 heterocycles. The summed E-state index contributed by atoms with van der Waals surface area (Å²) in [6, 6.07) is 18.7. The molecule has 37 heavy (non-hydrogen) atoms. The Morgan fingerprint density at radius 2 is 1.73 bits per heavy atom. The van der Waals surface area contributed by atoms with Crippen molar-refractivity contribution in [1.29, 1.82) is 0 Å². The zero-order valence-electron chi connectivity index (χ0n) is 21.0. The van der Waals surface area contributed by atoms with Crippen LogP contribution in [-0.4, -0.2) is 50.0 Å². The number of carbonyl (C=O) groups is 1. The minimum atomic E-state index is -0.355. The first kappa shape index (κ1) is 26.8. The van der Waals surface area contributed by atoms with Crippen molar-refractivity contribution in [1.82, 2.24) is 4.90 Å². The summed E-state index contributed by atoms with van der Waals surface area (Å²) < 4.78 is 23.4. The highest BCUT2D eigenvalue weighted by Gasteiger charge is 2.31. The molecule has 0 amide bonds. The van der Waals surface area contributed by atoms with E-state index in [1.165, 1.54) is 0 Å². The fraction of sp³-hybridized carbons (Fsp3) is 0.286. The van der Waals surface area contributed by atoms with Gasteiger partial charge in [-0.1, -0.05) is 15.9 Å². The van der Waals surface area contributed by atoms with E-state index in [1.54, 1.807) is 45.4 Å². The molecule has 4 rings (SSSR count). The molecule has 0 bridgehead atoms. The Morgan fingerprint density at radius 3 is 2.38 bits per heavy atom. The van der Waals surface area contributed by atoms with Crippen molar-refractivity contribution in [2.24, 2.45) is 0 Å². The van der Waals surface area contributed by atoms with E-state index in [-0.39, 0.29) is 12.0 Å². The van der Waals surface area contributed by atoms with Crippen LogP contribution in [0.15, 0.2) is 65.1 Å². The number of carbonyl (C=O) groups excluding carboxylic acids is 1. The van der Waals surface area contributed by atoms with Crippen LogP contribution in [0.4, 0.5) is 5.69 Å². The maximum absolute atomic E-state index is 12.0. The fourth-order valence-corrected chi connectivity index (χ4v) is 4.86. The predicted molar refractivity (Wildman–Crippen MR) is 151 cm³/mol. The Morgan fingerprint density at radius 1 is 1.05 bits per heavy atom. The van der Waals surface area contributed by atoms with Gasteiger partial charge in [-0.2, -0.15) is 0 Å². The number of fused-ring (bicyclic) bond motifs is 1.